The Kier molecular flexibility index (Phi) is 6.84. The molecule has 0 aromatic carbocycles. The zero-order valence-electron chi connectivity index (χ0n) is 12.0. The molecule has 0 radical (unpaired) electrons. The number of amides is 2. The molecule has 0 aromatic rings. The number of nitrogens with one attached hydrogen (secondary N) is 1. The molecule has 19 heavy (non-hydrogen) atoms. The van der Waals surface area contributed by atoms with Crippen LogP contribution in [-0.4, -0.2) is 48.1 Å². The van der Waals surface area contributed by atoms with Crippen molar-refractivity contribution < 1.29 is 14.7 Å². The number of rotatable bonds is 6. The van der Waals surface area contributed by atoms with Crippen LogP contribution in [-0.2, 0) is 9.59 Å². The van der Waals surface area contributed by atoms with E-state index in [1.165, 1.54) is 0 Å². The summed E-state index contributed by atoms with van der Waals surface area (Å²) < 4.78 is 0. The molecule has 1 aliphatic heterocycles. The maximum absolute atomic E-state index is 11.9. The molecule has 1 saturated heterocycles. The predicted molar refractivity (Wildman–Crippen MR) is 73.5 cm³/mol. The van der Waals surface area contributed by atoms with Gasteiger partial charge >= 0.3 is 0 Å². The van der Waals surface area contributed by atoms with Gasteiger partial charge in [0.05, 0.1) is 0 Å². The lowest BCUT2D eigenvalue weighted by molar-refractivity contribution is -0.133. The Labute approximate surface area is 115 Å². The zero-order valence-corrected chi connectivity index (χ0v) is 12.0. The van der Waals surface area contributed by atoms with Crippen molar-refractivity contribution in [3.63, 3.8) is 0 Å². The largest absolute Gasteiger partial charge is 0.396 e. The predicted octanol–water partition coefficient (Wildman–Crippen LogP) is 0.770. The molecule has 5 heteroatoms. The normalized spacial score (nSPS) is 18.2. The Balaban J connectivity index is 2.16. The highest BCUT2D eigenvalue weighted by Gasteiger charge is 2.25. The minimum atomic E-state index is 0.0471. The summed E-state index contributed by atoms with van der Waals surface area (Å²) in [4.78, 5) is 24.9. The maximum Gasteiger partial charge on any atom is 0.223 e. The number of aliphatic hydroxyl groups is 1. The van der Waals surface area contributed by atoms with Gasteiger partial charge < -0.3 is 15.3 Å². The van der Waals surface area contributed by atoms with Crippen LogP contribution in [0.25, 0.3) is 0 Å². The average Bonchev–Trinajstić information content (AvgIpc) is 2.43. The molecule has 0 spiro atoms. The Morgan fingerprint density at radius 2 is 2.00 bits per heavy atom. The van der Waals surface area contributed by atoms with Gasteiger partial charge in [-0.15, -0.1) is 0 Å². The second-order valence-electron chi connectivity index (χ2n) is 5.50. The van der Waals surface area contributed by atoms with Crippen LogP contribution in [0.4, 0.5) is 0 Å². The fraction of sp³-hybridized carbons (Fsp3) is 0.857. The molecule has 2 amide bonds. The lowest BCUT2D eigenvalue weighted by Gasteiger charge is -2.30. The molecule has 1 aliphatic rings. The van der Waals surface area contributed by atoms with Crippen LogP contribution in [0.1, 0.15) is 39.5 Å². The Morgan fingerprint density at radius 3 is 2.53 bits per heavy atom. The Hall–Kier alpha value is -1.10. The van der Waals surface area contributed by atoms with Crippen LogP contribution < -0.4 is 5.32 Å². The second kappa shape index (κ2) is 8.15. The van der Waals surface area contributed by atoms with Crippen LogP contribution >= 0.6 is 0 Å². The molecule has 0 saturated carbocycles. The molecule has 1 rings (SSSR count). The van der Waals surface area contributed by atoms with Gasteiger partial charge in [-0.2, -0.15) is 0 Å². The van der Waals surface area contributed by atoms with Gasteiger partial charge in [0.2, 0.25) is 11.8 Å². The van der Waals surface area contributed by atoms with Gasteiger partial charge in [0.15, 0.2) is 0 Å². The molecule has 5 nitrogen and oxygen atoms in total. The van der Waals surface area contributed by atoms with Gasteiger partial charge in [-0.1, -0.05) is 6.92 Å². The van der Waals surface area contributed by atoms with Gasteiger partial charge in [0.1, 0.15) is 0 Å². The number of carbonyl (C=O) groups excluding carboxylic acids is 2. The molecule has 0 bridgehead atoms. The van der Waals surface area contributed by atoms with E-state index >= 15 is 0 Å². The highest BCUT2D eigenvalue weighted by atomic mass is 16.3. The van der Waals surface area contributed by atoms with E-state index in [0.717, 1.165) is 25.7 Å². The zero-order chi connectivity index (χ0) is 14.3. The van der Waals surface area contributed by atoms with Crippen LogP contribution in [0.5, 0.6) is 0 Å². The summed E-state index contributed by atoms with van der Waals surface area (Å²) in [6.45, 7) is 5.83. The van der Waals surface area contributed by atoms with E-state index in [4.69, 9.17) is 5.11 Å². The fourth-order valence-corrected chi connectivity index (χ4v) is 2.35. The molecular weight excluding hydrogens is 244 g/mol. The monoisotopic (exact) mass is 270 g/mol. The van der Waals surface area contributed by atoms with Crippen molar-refractivity contribution in [3.05, 3.63) is 0 Å². The van der Waals surface area contributed by atoms with Crippen molar-refractivity contribution in [2.45, 2.75) is 39.5 Å². The summed E-state index contributed by atoms with van der Waals surface area (Å²) in [6.07, 6.45) is 3.36. The van der Waals surface area contributed by atoms with E-state index in [9.17, 15) is 9.59 Å². The summed E-state index contributed by atoms with van der Waals surface area (Å²) in [5, 5.41) is 11.8. The molecular formula is C14H26N2O3. The average molecular weight is 270 g/mol. The summed E-state index contributed by atoms with van der Waals surface area (Å²) in [5.41, 5.74) is 0. The summed E-state index contributed by atoms with van der Waals surface area (Å²) >= 11 is 0. The Bertz CT molecular complexity index is 299. The lowest BCUT2D eigenvalue weighted by atomic mass is 9.96. The van der Waals surface area contributed by atoms with Crippen molar-refractivity contribution in [2.75, 3.05) is 26.2 Å². The molecule has 1 unspecified atom stereocenters. The summed E-state index contributed by atoms with van der Waals surface area (Å²) in [7, 11) is 0. The third-order valence-electron chi connectivity index (χ3n) is 3.80. The number of aliphatic hydroxyl groups excluding tert-OH is 1. The molecule has 0 aliphatic carbocycles. The minimum Gasteiger partial charge on any atom is -0.396 e. The van der Waals surface area contributed by atoms with E-state index < -0.39 is 0 Å². The van der Waals surface area contributed by atoms with Gasteiger partial charge in [-0.3, -0.25) is 9.59 Å². The quantitative estimate of drug-likeness (QED) is 0.700. The van der Waals surface area contributed by atoms with Gasteiger partial charge in [0.25, 0.3) is 0 Å². The maximum atomic E-state index is 11.9. The first-order chi connectivity index (χ1) is 9.04. The first-order valence-corrected chi connectivity index (χ1v) is 7.18. The first-order valence-electron chi connectivity index (χ1n) is 7.18. The molecule has 1 heterocycles. The standard InChI is InChI=1S/C14H26N2O3/c1-11(10-17)4-3-7-15-14(19)13-5-8-16(9-6-13)12(2)18/h11,13,17H,3-10H2,1-2H3,(H,15,19). The first kappa shape index (κ1) is 16.0. The lowest BCUT2D eigenvalue weighted by Crippen LogP contribution is -2.42. The topological polar surface area (TPSA) is 69.6 Å². The fourth-order valence-electron chi connectivity index (χ4n) is 2.35. The van der Waals surface area contributed by atoms with Crippen LogP contribution in [0.3, 0.4) is 0 Å². The van der Waals surface area contributed by atoms with E-state index in [1.807, 2.05) is 6.92 Å². The molecule has 110 valence electrons. The van der Waals surface area contributed by atoms with Gasteiger partial charge in [-0.25, -0.2) is 0 Å². The van der Waals surface area contributed by atoms with Crippen molar-refractivity contribution in [3.8, 4) is 0 Å². The van der Waals surface area contributed by atoms with Crippen LogP contribution in [0, 0.1) is 11.8 Å². The van der Waals surface area contributed by atoms with Gasteiger partial charge in [0, 0.05) is 39.1 Å². The van der Waals surface area contributed by atoms with E-state index in [2.05, 4.69) is 5.32 Å². The van der Waals surface area contributed by atoms with Crippen molar-refractivity contribution >= 4 is 11.8 Å². The van der Waals surface area contributed by atoms with E-state index in [1.54, 1.807) is 11.8 Å². The number of hydrogen-bond acceptors (Lipinski definition) is 3. The molecule has 0 aromatic heterocycles. The molecule has 1 fully saturated rings. The van der Waals surface area contributed by atoms with Crippen molar-refractivity contribution in [1.29, 1.82) is 0 Å². The highest BCUT2D eigenvalue weighted by molar-refractivity contribution is 5.79. The number of hydrogen-bond donors (Lipinski definition) is 2. The Morgan fingerprint density at radius 1 is 1.37 bits per heavy atom. The van der Waals surface area contributed by atoms with E-state index in [-0.39, 0.29) is 24.3 Å². The second-order valence-corrected chi connectivity index (χ2v) is 5.50. The summed E-state index contributed by atoms with van der Waals surface area (Å²) in [5.74, 6) is 0.554. The highest BCUT2D eigenvalue weighted by Crippen LogP contribution is 2.17. The van der Waals surface area contributed by atoms with E-state index in [0.29, 0.717) is 25.6 Å². The molecule has 2 N–H and O–H groups in total. The van der Waals surface area contributed by atoms with Crippen molar-refractivity contribution in [1.82, 2.24) is 10.2 Å². The van der Waals surface area contributed by atoms with Gasteiger partial charge in [-0.05, 0) is 31.6 Å². The van der Waals surface area contributed by atoms with Crippen molar-refractivity contribution in [2.24, 2.45) is 11.8 Å². The number of likely N-dealkylation sites (tertiary alicyclic amines) is 1. The SMILES string of the molecule is CC(=O)N1CCC(C(=O)NCCCC(C)CO)CC1. The van der Waals surface area contributed by atoms with Crippen LogP contribution in [0.15, 0.2) is 0 Å². The number of carbonyl (C=O) groups is 2. The third-order valence-corrected chi connectivity index (χ3v) is 3.80. The minimum absolute atomic E-state index is 0.0471. The smallest absolute Gasteiger partial charge is 0.223 e. The number of piperidine rings is 1. The molecule has 1 atom stereocenters. The summed E-state index contributed by atoms with van der Waals surface area (Å²) in [6, 6.07) is 0. The number of nitrogens with zero attached hydrogens (tertiary/aromatic N) is 1. The van der Waals surface area contributed by atoms with Crippen LogP contribution in [0.2, 0.25) is 0 Å². The third kappa shape index (κ3) is 5.59.